The second-order valence-corrected chi connectivity index (χ2v) is 4.52. The maximum Gasteiger partial charge on any atom is 0.317 e. The van der Waals surface area contributed by atoms with Crippen molar-refractivity contribution in [3.63, 3.8) is 0 Å². The lowest BCUT2D eigenvalue weighted by atomic mass is 9.95. The summed E-state index contributed by atoms with van der Waals surface area (Å²) in [6, 6.07) is 0.0164. The molecule has 1 aliphatic carbocycles. The van der Waals surface area contributed by atoms with E-state index in [9.17, 15) is 9.90 Å². The van der Waals surface area contributed by atoms with Crippen molar-refractivity contribution in [2.75, 3.05) is 26.2 Å². The minimum atomic E-state index is -0.135. The molecular weight excluding hydrogens is 208 g/mol. The summed E-state index contributed by atoms with van der Waals surface area (Å²) in [7, 11) is 0. The fraction of sp³-hybridized carbons (Fsp3) is 0.909. The van der Waals surface area contributed by atoms with E-state index in [0.29, 0.717) is 13.2 Å². The summed E-state index contributed by atoms with van der Waals surface area (Å²) in [5, 5.41) is 12.1. The Morgan fingerprint density at radius 3 is 2.75 bits per heavy atom. The third-order valence-corrected chi connectivity index (χ3v) is 3.30. The van der Waals surface area contributed by atoms with E-state index in [-0.39, 0.29) is 18.2 Å². The van der Waals surface area contributed by atoms with Crippen LogP contribution in [0.1, 0.15) is 25.7 Å². The van der Waals surface area contributed by atoms with Crippen molar-refractivity contribution in [1.29, 1.82) is 0 Å². The summed E-state index contributed by atoms with van der Waals surface area (Å²) in [5.74, 6) is 0. The van der Waals surface area contributed by atoms with Gasteiger partial charge in [0, 0.05) is 19.6 Å². The summed E-state index contributed by atoms with van der Waals surface area (Å²) in [6.45, 7) is 2.80. The Balaban J connectivity index is 1.59. The molecule has 1 heterocycles. The van der Waals surface area contributed by atoms with Crippen molar-refractivity contribution in [2.24, 2.45) is 0 Å². The first-order valence-electron chi connectivity index (χ1n) is 6.08. The third-order valence-electron chi connectivity index (χ3n) is 3.30. The number of aliphatic hydroxyl groups excluding tert-OH is 1. The summed E-state index contributed by atoms with van der Waals surface area (Å²) in [5.41, 5.74) is 0. The van der Waals surface area contributed by atoms with Gasteiger partial charge in [0.1, 0.15) is 0 Å². The number of nitrogens with zero attached hydrogens (tertiary/aromatic N) is 1. The second-order valence-electron chi connectivity index (χ2n) is 4.52. The van der Waals surface area contributed by atoms with E-state index >= 15 is 0 Å². The molecule has 2 amide bonds. The van der Waals surface area contributed by atoms with Gasteiger partial charge in [-0.1, -0.05) is 0 Å². The van der Waals surface area contributed by atoms with Crippen LogP contribution in [-0.4, -0.2) is 54.5 Å². The summed E-state index contributed by atoms with van der Waals surface area (Å²) < 4.78 is 5.71. The lowest BCUT2D eigenvalue weighted by Crippen LogP contribution is -2.33. The highest BCUT2D eigenvalue weighted by molar-refractivity contribution is 5.76. The minimum absolute atomic E-state index is 0.0164. The van der Waals surface area contributed by atoms with Gasteiger partial charge < -0.3 is 20.1 Å². The zero-order chi connectivity index (χ0) is 11.4. The standard InChI is InChI=1S/C11H20N2O3/c14-9-1-3-10(4-2-9)16-8-7-13-6-5-12-11(13)15/h9-10,14H,1-8H2,(H,12,15). The van der Waals surface area contributed by atoms with Crippen molar-refractivity contribution in [1.82, 2.24) is 10.2 Å². The largest absolute Gasteiger partial charge is 0.393 e. The number of ether oxygens (including phenoxy) is 1. The second kappa shape index (κ2) is 5.50. The summed E-state index contributed by atoms with van der Waals surface area (Å²) in [4.78, 5) is 13.0. The number of hydrogen-bond donors (Lipinski definition) is 2. The molecule has 0 radical (unpaired) electrons. The molecule has 0 unspecified atom stereocenters. The third kappa shape index (κ3) is 3.09. The molecule has 1 aliphatic heterocycles. The average Bonchev–Trinajstić information content (AvgIpc) is 2.68. The van der Waals surface area contributed by atoms with E-state index in [0.717, 1.165) is 38.8 Å². The summed E-state index contributed by atoms with van der Waals surface area (Å²) in [6.07, 6.45) is 3.70. The molecule has 0 atom stereocenters. The number of amides is 2. The Bertz CT molecular complexity index is 239. The molecule has 2 rings (SSSR count). The highest BCUT2D eigenvalue weighted by Gasteiger charge is 2.22. The highest BCUT2D eigenvalue weighted by Crippen LogP contribution is 2.20. The molecule has 16 heavy (non-hydrogen) atoms. The Kier molecular flexibility index (Phi) is 4.01. The monoisotopic (exact) mass is 228 g/mol. The SMILES string of the molecule is O=C1NCCN1CCOC1CCC(O)CC1. The maximum atomic E-state index is 11.2. The van der Waals surface area contributed by atoms with Gasteiger partial charge in [-0.05, 0) is 25.7 Å². The van der Waals surface area contributed by atoms with E-state index in [2.05, 4.69) is 5.32 Å². The predicted molar refractivity (Wildman–Crippen MR) is 59.2 cm³/mol. The average molecular weight is 228 g/mol. The molecule has 5 heteroatoms. The van der Waals surface area contributed by atoms with Crippen LogP contribution >= 0.6 is 0 Å². The van der Waals surface area contributed by atoms with Crippen molar-refractivity contribution in [3.05, 3.63) is 0 Å². The smallest absolute Gasteiger partial charge is 0.317 e. The van der Waals surface area contributed by atoms with E-state index in [1.54, 1.807) is 4.90 Å². The molecule has 0 aromatic carbocycles. The quantitative estimate of drug-likeness (QED) is 0.729. The first-order chi connectivity index (χ1) is 7.75. The number of nitrogens with one attached hydrogen (secondary N) is 1. The lowest BCUT2D eigenvalue weighted by molar-refractivity contribution is -0.00685. The van der Waals surface area contributed by atoms with Crippen LogP contribution in [0.3, 0.4) is 0 Å². The first kappa shape index (κ1) is 11.7. The van der Waals surface area contributed by atoms with Gasteiger partial charge in [0.15, 0.2) is 0 Å². The van der Waals surface area contributed by atoms with Gasteiger partial charge in [0.2, 0.25) is 0 Å². The van der Waals surface area contributed by atoms with E-state index < -0.39 is 0 Å². The van der Waals surface area contributed by atoms with Crippen LogP contribution in [0.2, 0.25) is 0 Å². The van der Waals surface area contributed by atoms with E-state index in [1.807, 2.05) is 0 Å². The van der Waals surface area contributed by atoms with Crippen molar-refractivity contribution >= 4 is 6.03 Å². The molecule has 5 nitrogen and oxygen atoms in total. The number of urea groups is 1. The fourth-order valence-corrected chi connectivity index (χ4v) is 2.27. The van der Waals surface area contributed by atoms with E-state index in [4.69, 9.17) is 4.74 Å². The van der Waals surface area contributed by atoms with Gasteiger partial charge >= 0.3 is 6.03 Å². The number of rotatable bonds is 4. The Morgan fingerprint density at radius 2 is 2.12 bits per heavy atom. The molecule has 0 spiro atoms. The first-order valence-corrected chi connectivity index (χ1v) is 6.08. The predicted octanol–water partition coefficient (Wildman–Crippen LogP) is 0.332. The lowest BCUT2D eigenvalue weighted by Gasteiger charge is -2.26. The Morgan fingerprint density at radius 1 is 1.38 bits per heavy atom. The molecule has 1 saturated carbocycles. The molecule has 2 N–H and O–H groups in total. The van der Waals surface area contributed by atoms with Crippen molar-refractivity contribution in [3.8, 4) is 0 Å². The Labute approximate surface area is 95.8 Å². The van der Waals surface area contributed by atoms with Gasteiger partial charge in [0.25, 0.3) is 0 Å². The Hall–Kier alpha value is -0.810. The van der Waals surface area contributed by atoms with Crippen LogP contribution in [0.25, 0.3) is 0 Å². The van der Waals surface area contributed by atoms with Gasteiger partial charge in [-0.2, -0.15) is 0 Å². The molecule has 2 fully saturated rings. The van der Waals surface area contributed by atoms with Crippen molar-refractivity contribution in [2.45, 2.75) is 37.9 Å². The molecule has 0 aromatic heterocycles. The van der Waals surface area contributed by atoms with Crippen LogP contribution in [0.15, 0.2) is 0 Å². The van der Waals surface area contributed by atoms with Gasteiger partial charge in [-0.15, -0.1) is 0 Å². The van der Waals surface area contributed by atoms with Gasteiger partial charge in [-0.25, -0.2) is 4.79 Å². The topological polar surface area (TPSA) is 61.8 Å². The van der Waals surface area contributed by atoms with Crippen LogP contribution in [0, 0.1) is 0 Å². The van der Waals surface area contributed by atoms with Crippen LogP contribution in [0.5, 0.6) is 0 Å². The normalized spacial score (nSPS) is 30.6. The number of aliphatic hydroxyl groups is 1. The fourth-order valence-electron chi connectivity index (χ4n) is 2.27. The van der Waals surface area contributed by atoms with Crippen molar-refractivity contribution < 1.29 is 14.6 Å². The van der Waals surface area contributed by atoms with Gasteiger partial charge in [-0.3, -0.25) is 0 Å². The van der Waals surface area contributed by atoms with Gasteiger partial charge in [0.05, 0.1) is 18.8 Å². The summed E-state index contributed by atoms with van der Waals surface area (Å²) >= 11 is 0. The molecule has 0 bridgehead atoms. The highest BCUT2D eigenvalue weighted by atomic mass is 16.5. The zero-order valence-electron chi connectivity index (χ0n) is 9.52. The number of hydrogen-bond acceptors (Lipinski definition) is 3. The zero-order valence-corrected chi connectivity index (χ0v) is 9.52. The van der Waals surface area contributed by atoms with E-state index in [1.165, 1.54) is 0 Å². The number of carbonyl (C=O) groups excluding carboxylic acids is 1. The molecule has 2 aliphatic rings. The minimum Gasteiger partial charge on any atom is -0.393 e. The molecule has 92 valence electrons. The maximum absolute atomic E-state index is 11.2. The van der Waals surface area contributed by atoms with Crippen LogP contribution in [-0.2, 0) is 4.74 Å². The van der Waals surface area contributed by atoms with Crippen LogP contribution in [0.4, 0.5) is 4.79 Å². The molecule has 0 aromatic rings. The van der Waals surface area contributed by atoms with Crippen LogP contribution < -0.4 is 5.32 Å². The number of carbonyl (C=O) groups is 1. The molecular formula is C11H20N2O3. The molecule has 1 saturated heterocycles.